The first-order valence-corrected chi connectivity index (χ1v) is 12.4. The van der Waals surface area contributed by atoms with Gasteiger partial charge >= 0.3 is 0 Å². The zero-order chi connectivity index (χ0) is 25.0. The molecule has 0 radical (unpaired) electrons. The van der Waals surface area contributed by atoms with Gasteiger partial charge in [0, 0.05) is 0 Å². The molecule has 0 heterocycles. The molecule has 0 amide bonds. The van der Waals surface area contributed by atoms with Crippen molar-refractivity contribution in [1.82, 2.24) is 0 Å². The van der Waals surface area contributed by atoms with Crippen molar-refractivity contribution in [3.05, 3.63) is 52.9 Å². The van der Waals surface area contributed by atoms with E-state index >= 15 is 0 Å². The number of aryl methyl sites for hydroxylation is 2. The molecule has 2 rings (SSSR count). The molecular formula is C29H54FN. The van der Waals surface area contributed by atoms with Crippen LogP contribution in [0.15, 0.2) is 30.4 Å². The molecule has 0 aliphatic heterocycles. The molecule has 0 bridgehead atoms. The summed E-state index contributed by atoms with van der Waals surface area (Å²) in [4.78, 5) is 0. The Hall–Kier alpha value is -1.41. The van der Waals surface area contributed by atoms with Crippen LogP contribution in [0.5, 0.6) is 0 Å². The molecule has 2 heteroatoms. The van der Waals surface area contributed by atoms with E-state index in [1.54, 1.807) is 13.0 Å². The molecule has 2 N–H and O–H groups in total. The average molecular weight is 436 g/mol. The zero-order valence-corrected chi connectivity index (χ0v) is 22.8. The van der Waals surface area contributed by atoms with Gasteiger partial charge in [-0.15, -0.1) is 0 Å². The number of halogens is 1. The van der Waals surface area contributed by atoms with Crippen LogP contribution in [0.25, 0.3) is 5.57 Å². The van der Waals surface area contributed by atoms with Crippen LogP contribution < -0.4 is 5.73 Å². The monoisotopic (exact) mass is 435 g/mol. The van der Waals surface area contributed by atoms with Crippen molar-refractivity contribution in [3.8, 4) is 0 Å². The van der Waals surface area contributed by atoms with Crippen molar-refractivity contribution < 1.29 is 4.39 Å². The van der Waals surface area contributed by atoms with Crippen molar-refractivity contribution in [1.29, 1.82) is 0 Å². The van der Waals surface area contributed by atoms with Gasteiger partial charge in [0.05, 0.1) is 0 Å². The highest BCUT2D eigenvalue weighted by Gasteiger charge is 2.12. The summed E-state index contributed by atoms with van der Waals surface area (Å²) in [6.07, 6.45) is 10.5. The Morgan fingerprint density at radius 3 is 1.84 bits per heavy atom. The number of allylic oxidation sites excluding steroid dienone is 3. The number of hydrogen-bond acceptors (Lipinski definition) is 1. The van der Waals surface area contributed by atoms with Gasteiger partial charge in [-0.05, 0) is 80.5 Å². The first-order chi connectivity index (χ1) is 14.7. The quantitative estimate of drug-likeness (QED) is 0.442. The van der Waals surface area contributed by atoms with Crippen LogP contribution in [-0.2, 0) is 0 Å². The molecule has 1 nitrogen and oxygen atoms in total. The first-order valence-electron chi connectivity index (χ1n) is 12.4. The smallest absolute Gasteiger partial charge is 0.126 e. The molecule has 1 aromatic rings. The highest BCUT2D eigenvalue weighted by molar-refractivity contribution is 5.78. The number of hydrogen-bond donors (Lipinski definition) is 1. The summed E-state index contributed by atoms with van der Waals surface area (Å²) in [5.41, 5.74) is 9.13. The minimum Gasteiger partial charge on any atom is -0.333 e. The molecule has 0 spiro atoms. The second kappa shape index (κ2) is 21.8. The predicted octanol–water partition coefficient (Wildman–Crippen LogP) is 9.66. The molecule has 1 saturated carbocycles. The predicted molar refractivity (Wildman–Crippen MR) is 143 cm³/mol. The lowest BCUT2D eigenvalue weighted by Gasteiger charge is -2.11. The maximum Gasteiger partial charge on any atom is 0.126 e. The molecule has 0 unspecified atom stereocenters. The van der Waals surface area contributed by atoms with Crippen molar-refractivity contribution >= 4 is 5.57 Å². The van der Waals surface area contributed by atoms with E-state index in [2.05, 4.69) is 40.0 Å². The van der Waals surface area contributed by atoms with Crippen LogP contribution in [-0.4, -0.2) is 7.05 Å². The van der Waals surface area contributed by atoms with Gasteiger partial charge in [0.1, 0.15) is 5.82 Å². The van der Waals surface area contributed by atoms with Gasteiger partial charge < -0.3 is 5.73 Å². The zero-order valence-electron chi connectivity index (χ0n) is 22.8. The third-order valence-electron chi connectivity index (χ3n) is 5.46. The third kappa shape index (κ3) is 16.9. The van der Waals surface area contributed by atoms with E-state index in [4.69, 9.17) is 0 Å². The Labute approximate surface area is 195 Å². The van der Waals surface area contributed by atoms with Crippen LogP contribution in [0.3, 0.4) is 0 Å². The van der Waals surface area contributed by atoms with Gasteiger partial charge in [-0.1, -0.05) is 98.8 Å². The van der Waals surface area contributed by atoms with E-state index in [1.165, 1.54) is 45.6 Å². The molecule has 1 aromatic carbocycles. The van der Waals surface area contributed by atoms with Gasteiger partial charge in [-0.25, -0.2) is 4.39 Å². The summed E-state index contributed by atoms with van der Waals surface area (Å²) < 4.78 is 13.4. The molecule has 1 fully saturated rings. The Morgan fingerprint density at radius 2 is 1.55 bits per heavy atom. The first kappa shape index (κ1) is 34.2. The molecule has 31 heavy (non-hydrogen) atoms. The molecule has 0 aromatic heterocycles. The van der Waals surface area contributed by atoms with Crippen LogP contribution in [0.1, 0.15) is 111 Å². The third-order valence-corrected chi connectivity index (χ3v) is 5.46. The van der Waals surface area contributed by atoms with E-state index < -0.39 is 0 Å². The number of rotatable bonds is 6. The molecular weight excluding hydrogens is 381 g/mol. The van der Waals surface area contributed by atoms with Gasteiger partial charge in [0.25, 0.3) is 0 Å². The largest absolute Gasteiger partial charge is 0.333 e. The minimum atomic E-state index is -0.166. The lowest BCUT2D eigenvalue weighted by atomic mass is 9.95. The topological polar surface area (TPSA) is 26.0 Å². The van der Waals surface area contributed by atoms with Crippen molar-refractivity contribution in [3.63, 3.8) is 0 Å². The van der Waals surface area contributed by atoms with E-state index in [9.17, 15) is 4.39 Å². The lowest BCUT2D eigenvalue weighted by molar-refractivity contribution is 0.451. The number of nitrogens with two attached hydrogens (primary N) is 1. The second-order valence-electron chi connectivity index (χ2n) is 8.02. The summed E-state index contributed by atoms with van der Waals surface area (Å²) in [5.74, 6) is 1.92. The standard InChI is InChI=1S/C14H17F.C8H18.C4H8.C2H6.CH5N/c1-6-9(2)12(5)13-8-14(15)11(4)7-10(13)3;1-4-7-8(5-2)6-3;1-4-2-3-4;2*1-2/h6-8H,5H2,1-4H3;8H,4-7H2,1-3H3;4H,2-3H2,1H3;1-2H3;2H2,1H3/b9-6-;;;;. The molecule has 0 atom stereocenters. The van der Waals surface area contributed by atoms with E-state index in [0.717, 1.165) is 34.1 Å². The Bertz CT molecular complexity index is 593. The summed E-state index contributed by atoms with van der Waals surface area (Å²) in [5, 5.41) is 0. The maximum absolute atomic E-state index is 13.4. The van der Waals surface area contributed by atoms with Gasteiger partial charge in [0.2, 0.25) is 0 Å². The number of benzene rings is 1. The fourth-order valence-corrected chi connectivity index (χ4v) is 2.81. The Kier molecular flexibility index (Phi) is 24.1. The summed E-state index contributed by atoms with van der Waals surface area (Å²) in [6.45, 7) is 24.8. The van der Waals surface area contributed by atoms with Crippen LogP contribution >= 0.6 is 0 Å². The fourth-order valence-electron chi connectivity index (χ4n) is 2.81. The molecule has 0 saturated heterocycles. The van der Waals surface area contributed by atoms with E-state index in [0.29, 0.717) is 5.56 Å². The van der Waals surface area contributed by atoms with Crippen molar-refractivity contribution in [2.24, 2.45) is 17.6 Å². The summed E-state index contributed by atoms with van der Waals surface area (Å²) in [6, 6.07) is 3.43. The molecule has 182 valence electrons. The molecule has 1 aliphatic carbocycles. The minimum absolute atomic E-state index is 0.166. The molecule has 1 aliphatic rings. The van der Waals surface area contributed by atoms with Crippen LogP contribution in [0.2, 0.25) is 0 Å². The van der Waals surface area contributed by atoms with Crippen molar-refractivity contribution in [2.75, 3.05) is 7.05 Å². The highest BCUT2D eigenvalue weighted by atomic mass is 19.1. The Balaban J connectivity index is -0.000000409. The SMILES string of the molecule is C=C(/C(C)=C\C)c1cc(F)c(C)cc1C.CC.CC1CC1.CCCC(CC)CC.CN. The van der Waals surface area contributed by atoms with Gasteiger partial charge in [0.15, 0.2) is 0 Å². The lowest BCUT2D eigenvalue weighted by Crippen LogP contribution is -1.94. The summed E-state index contributed by atoms with van der Waals surface area (Å²) in [7, 11) is 1.50. The average Bonchev–Trinajstić information content (AvgIpc) is 3.59. The summed E-state index contributed by atoms with van der Waals surface area (Å²) >= 11 is 0. The van der Waals surface area contributed by atoms with Gasteiger partial charge in [-0.2, -0.15) is 0 Å². The van der Waals surface area contributed by atoms with E-state index in [-0.39, 0.29) is 5.82 Å². The fraction of sp³-hybridized carbons (Fsp3) is 0.655. The van der Waals surface area contributed by atoms with Crippen LogP contribution in [0.4, 0.5) is 4.39 Å². The normalized spacial score (nSPS) is 12.1. The van der Waals surface area contributed by atoms with Crippen LogP contribution in [0, 0.1) is 31.5 Å². The van der Waals surface area contributed by atoms with Crippen molar-refractivity contribution in [2.45, 2.75) is 108 Å². The maximum atomic E-state index is 13.4. The van der Waals surface area contributed by atoms with E-state index in [1.807, 2.05) is 46.8 Å². The van der Waals surface area contributed by atoms with Gasteiger partial charge in [-0.3, -0.25) is 0 Å². The second-order valence-corrected chi connectivity index (χ2v) is 8.02. The Morgan fingerprint density at radius 1 is 1.10 bits per heavy atom. The highest BCUT2D eigenvalue weighted by Crippen LogP contribution is 2.27.